The van der Waals surface area contributed by atoms with Crippen LogP contribution < -0.4 is 10.0 Å². The van der Waals surface area contributed by atoms with Crippen LogP contribution in [0.4, 0.5) is 13.2 Å². The normalized spacial score (nSPS) is 30.5. The highest BCUT2D eigenvalue weighted by Crippen LogP contribution is 2.47. The van der Waals surface area contributed by atoms with Gasteiger partial charge in [-0.25, -0.2) is 0 Å². The number of fused-ring (bicyclic) bond motifs is 1. The Kier molecular flexibility index (Phi) is 6.66. The zero-order valence-electron chi connectivity index (χ0n) is 19.6. The van der Waals surface area contributed by atoms with E-state index in [0.29, 0.717) is 40.7 Å². The molecule has 2 aliphatic heterocycles. The van der Waals surface area contributed by atoms with Gasteiger partial charge in [-0.05, 0) is 43.6 Å². The molecule has 3 heterocycles. The standard InChI is InChI=1S/C24H34F3N3O3/c1-15(2)23(7-4-19(11-23)28-20-6-9-33-14-16(20)3)22(31)29-8-5-21-17(12-29)10-18(13-30(21)32)24(25,26)27/h10,13,15-16,19-20,28H,4-9,11-12,14H2,1-3H3/t16-,19-,20-,23+/m1/s1. The molecule has 1 aromatic rings. The molecule has 1 aliphatic carbocycles. The van der Waals surface area contributed by atoms with Gasteiger partial charge in [-0.3, -0.25) is 4.79 Å². The molecule has 6 nitrogen and oxygen atoms in total. The Morgan fingerprint density at radius 3 is 2.79 bits per heavy atom. The highest BCUT2D eigenvalue weighted by Gasteiger charge is 2.50. The third-order valence-corrected chi connectivity index (χ3v) is 7.99. The lowest BCUT2D eigenvalue weighted by molar-refractivity contribution is -0.616. The molecule has 1 N–H and O–H groups in total. The first kappa shape index (κ1) is 24.3. The van der Waals surface area contributed by atoms with E-state index in [1.165, 1.54) is 0 Å². The van der Waals surface area contributed by atoms with Gasteiger partial charge in [-0.1, -0.05) is 20.8 Å². The maximum atomic E-state index is 13.8. The minimum atomic E-state index is -4.60. The van der Waals surface area contributed by atoms with Crippen LogP contribution in [0, 0.1) is 22.5 Å². The maximum Gasteiger partial charge on any atom is 0.422 e. The first-order valence-corrected chi connectivity index (χ1v) is 12.0. The van der Waals surface area contributed by atoms with Crippen LogP contribution in [-0.2, 0) is 28.7 Å². The lowest BCUT2D eigenvalue weighted by atomic mass is 9.74. The summed E-state index contributed by atoms with van der Waals surface area (Å²) in [7, 11) is 0. The Hall–Kier alpha value is -1.87. The average molecular weight is 470 g/mol. The van der Waals surface area contributed by atoms with Crippen LogP contribution in [0.25, 0.3) is 0 Å². The molecule has 3 aliphatic rings. The number of carbonyl (C=O) groups is 1. The van der Waals surface area contributed by atoms with E-state index < -0.39 is 17.2 Å². The number of alkyl halides is 3. The summed E-state index contributed by atoms with van der Waals surface area (Å²) in [6.07, 6.45) is -0.405. The minimum absolute atomic E-state index is 0.00216. The third kappa shape index (κ3) is 4.71. The van der Waals surface area contributed by atoms with Crippen molar-refractivity contribution in [1.29, 1.82) is 0 Å². The number of aromatic nitrogens is 1. The highest BCUT2D eigenvalue weighted by molar-refractivity contribution is 5.83. The molecule has 2 fully saturated rings. The quantitative estimate of drug-likeness (QED) is 0.542. The van der Waals surface area contributed by atoms with Crippen LogP contribution in [0.3, 0.4) is 0 Å². The van der Waals surface area contributed by atoms with Crippen molar-refractivity contribution < 1.29 is 27.4 Å². The molecule has 4 rings (SSSR count). The van der Waals surface area contributed by atoms with Crippen molar-refractivity contribution in [2.24, 2.45) is 17.3 Å². The fourth-order valence-electron chi connectivity index (χ4n) is 5.84. The number of nitrogens with one attached hydrogen (secondary N) is 1. The second-order valence-electron chi connectivity index (χ2n) is 10.4. The molecule has 4 atom stereocenters. The van der Waals surface area contributed by atoms with E-state index in [2.05, 4.69) is 26.1 Å². The van der Waals surface area contributed by atoms with Gasteiger partial charge in [0.05, 0.1) is 25.0 Å². The Morgan fingerprint density at radius 2 is 2.12 bits per heavy atom. The molecule has 1 amide bonds. The van der Waals surface area contributed by atoms with Gasteiger partial charge in [0.25, 0.3) is 0 Å². The van der Waals surface area contributed by atoms with Gasteiger partial charge >= 0.3 is 6.18 Å². The van der Waals surface area contributed by atoms with E-state index in [-0.39, 0.29) is 30.8 Å². The predicted molar refractivity (Wildman–Crippen MR) is 116 cm³/mol. The lowest BCUT2D eigenvalue weighted by Crippen LogP contribution is -2.51. The summed E-state index contributed by atoms with van der Waals surface area (Å²) in [4.78, 5) is 15.5. The maximum absolute atomic E-state index is 13.8. The van der Waals surface area contributed by atoms with Gasteiger partial charge in [0.15, 0.2) is 11.9 Å². The molecule has 0 radical (unpaired) electrons. The Morgan fingerprint density at radius 1 is 1.36 bits per heavy atom. The van der Waals surface area contributed by atoms with Crippen LogP contribution >= 0.6 is 0 Å². The van der Waals surface area contributed by atoms with Crippen molar-refractivity contribution in [3.8, 4) is 0 Å². The molecular weight excluding hydrogens is 435 g/mol. The summed E-state index contributed by atoms with van der Waals surface area (Å²) in [5.74, 6) is 0.530. The second kappa shape index (κ2) is 9.06. The summed E-state index contributed by atoms with van der Waals surface area (Å²) in [5, 5.41) is 16.0. The molecule has 0 spiro atoms. The number of halogens is 3. The van der Waals surface area contributed by atoms with Crippen molar-refractivity contribution in [2.45, 2.75) is 77.7 Å². The molecule has 1 aromatic heterocycles. The smallest absolute Gasteiger partial charge is 0.422 e. The summed E-state index contributed by atoms with van der Waals surface area (Å²) < 4.78 is 45.5. The Bertz CT molecular complexity index is 892. The molecule has 0 aromatic carbocycles. The van der Waals surface area contributed by atoms with E-state index in [4.69, 9.17) is 4.74 Å². The monoisotopic (exact) mass is 469 g/mol. The molecule has 1 saturated carbocycles. The number of hydrogen-bond acceptors (Lipinski definition) is 4. The minimum Gasteiger partial charge on any atom is -0.618 e. The van der Waals surface area contributed by atoms with Gasteiger partial charge in [0.1, 0.15) is 5.56 Å². The zero-order valence-corrected chi connectivity index (χ0v) is 19.6. The van der Waals surface area contributed by atoms with E-state index in [1.807, 2.05) is 0 Å². The van der Waals surface area contributed by atoms with E-state index >= 15 is 0 Å². The number of pyridine rings is 1. The molecule has 0 unspecified atom stereocenters. The largest absolute Gasteiger partial charge is 0.618 e. The molecular formula is C24H34F3N3O3. The average Bonchev–Trinajstić information content (AvgIpc) is 3.19. The van der Waals surface area contributed by atoms with Crippen LogP contribution in [-0.4, -0.2) is 42.6 Å². The van der Waals surface area contributed by atoms with Gasteiger partial charge in [-0.15, -0.1) is 0 Å². The molecule has 33 heavy (non-hydrogen) atoms. The molecule has 1 saturated heterocycles. The fraction of sp³-hybridized carbons (Fsp3) is 0.750. The van der Waals surface area contributed by atoms with Crippen LogP contribution in [0.1, 0.15) is 63.3 Å². The van der Waals surface area contributed by atoms with Crippen LogP contribution in [0.2, 0.25) is 0 Å². The Balaban J connectivity index is 1.51. The number of ether oxygens (including phenoxy) is 1. The number of rotatable bonds is 4. The fourth-order valence-corrected chi connectivity index (χ4v) is 5.84. The second-order valence-corrected chi connectivity index (χ2v) is 10.4. The number of carbonyl (C=O) groups excluding carboxylic acids is 1. The first-order valence-electron chi connectivity index (χ1n) is 12.0. The number of nitrogens with zero attached hydrogens (tertiary/aromatic N) is 2. The van der Waals surface area contributed by atoms with Crippen molar-refractivity contribution in [3.05, 3.63) is 34.3 Å². The van der Waals surface area contributed by atoms with Gasteiger partial charge in [0, 0.05) is 30.8 Å². The summed E-state index contributed by atoms with van der Waals surface area (Å²) in [6.45, 7) is 8.18. The van der Waals surface area contributed by atoms with Gasteiger partial charge < -0.3 is 20.2 Å². The van der Waals surface area contributed by atoms with E-state index in [1.54, 1.807) is 4.90 Å². The summed E-state index contributed by atoms with van der Waals surface area (Å²) in [5.41, 5.74) is -0.898. The third-order valence-electron chi connectivity index (χ3n) is 7.99. The highest BCUT2D eigenvalue weighted by atomic mass is 19.4. The molecule has 9 heteroatoms. The van der Waals surface area contributed by atoms with E-state index in [0.717, 1.165) is 45.0 Å². The molecule has 184 valence electrons. The van der Waals surface area contributed by atoms with Crippen molar-refractivity contribution >= 4 is 5.91 Å². The zero-order chi connectivity index (χ0) is 24.0. The SMILES string of the molecule is CC(C)[C@]1(C(=O)N2CCc3c(cc(C(F)(F)F)c[n+]3[O-])C2)CC[C@@H](N[C@@H]2CCOC[C@H]2C)C1. The van der Waals surface area contributed by atoms with Crippen molar-refractivity contribution in [3.63, 3.8) is 0 Å². The lowest BCUT2D eigenvalue weighted by Gasteiger charge is -2.39. The number of amides is 1. The topological polar surface area (TPSA) is 68.5 Å². The Labute approximate surface area is 193 Å². The predicted octanol–water partition coefficient (Wildman–Crippen LogP) is 3.43. The molecule has 0 bridgehead atoms. The van der Waals surface area contributed by atoms with Crippen LogP contribution in [0.15, 0.2) is 12.3 Å². The van der Waals surface area contributed by atoms with Gasteiger partial charge in [-0.2, -0.15) is 17.9 Å². The summed E-state index contributed by atoms with van der Waals surface area (Å²) in [6, 6.07) is 1.63. The number of hydrogen-bond donors (Lipinski definition) is 1. The van der Waals surface area contributed by atoms with Gasteiger partial charge in [0.2, 0.25) is 5.91 Å². The van der Waals surface area contributed by atoms with E-state index in [9.17, 15) is 23.2 Å². The summed E-state index contributed by atoms with van der Waals surface area (Å²) >= 11 is 0. The van der Waals surface area contributed by atoms with Crippen LogP contribution in [0.5, 0.6) is 0 Å². The van der Waals surface area contributed by atoms with Crippen molar-refractivity contribution in [2.75, 3.05) is 19.8 Å². The van der Waals surface area contributed by atoms with Crippen molar-refractivity contribution in [1.82, 2.24) is 10.2 Å². The first-order chi connectivity index (χ1) is 15.5.